The molecule has 0 unspecified atom stereocenters. The van der Waals surface area contributed by atoms with Crippen LogP contribution in [0, 0.1) is 12.8 Å². The van der Waals surface area contributed by atoms with Crippen molar-refractivity contribution in [1.29, 1.82) is 0 Å². The summed E-state index contributed by atoms with van der Waals surface area (Å²) < 4.78 is 5.85. The van der Waals surface area contributed by atoms with Crippen LogP contribution in [0.2, 0.25) is 5.02 Å². The molecule has 2 N–H and O–H groups in total. The Kier molecular flexibility index (Phi) is 5.64. The molecule has 4 aliphatic rings. The van der Waals surface area contributed by atoms with Gasteiger partial charge in [-0.3, -0.25) is 19.3 Å². The molecule has 204 valence electrons. The third kappa shape index (κ3) is 3.02. The molecule has 4 atom stereocenters. The number of amides is 2. The highest BCUT2D eigenvalue weighted by molar-refractivity contribution is 6.31. The molecule has 7 nitrogen and oxygen atoms in total. The number of carbonyl (C=O) groups excluding carboxylic acids is 3. The maximum absolute atomic E-state index is 14.8. The first kappa shape index (κ1) is 25.3. The number of para-hydroxylation sites is 1. The molecule has 4 heterocycles. The van der Waals surface area contributed by atoms with E-state index in [9.17, 15) is 14.4 Å². The fourth-order valence-electron chi connectivity index (χ4n) is 7.95. The van der Waals surface area contributed by atoms with Crippen LogP contribution in [0.15, 0.2) is 60.7 Å². The summed E-state index contributed by atoms with van der Waals surface area (Å²) in [4.78, 5) is 46.1. The number of halogens is 1. The third-order valence-electron chi connectivity index (χ3n) is 9.24. The van der Waals surface area contributed by atoms with Gasteiger partial charge in [0.25, 0.3) is 5.91 Å². The number of nitrogens with one attached hydrogen (secondary N) is 2. The van der Waals surface area contributed by atoms with Crippen LogP contribution in [0.25, 0.3) is 0 Å². The highest BCUT2D eigenvalue weighted by Crippen LogP contribution is 2.68. The molecular weight excluding hydrogens is 526 g/mol. The highest BCUT2D eigenvalue weighted by atomic mass is 35.5. The zero-order chi connectivity index (χ0) is 27.8. The molecule has 40 heavy (non-hydrogen) atoms. The predicted octanol–water partition coefficient (Wildman–Crippen LogP) is 5.45. The second-order valence-corrected chi connectivity index (χ2v) is 11.7. The van der Waals surface area contributed by atoms with E-state index in [2.05, 4.69) is 15.5 Å². The van der Waals surface area contributed by atoms with E-state index in [0.717, 1.165) is 18.4 Å². The third-order valence-corrected chi connectivity index (χ3v) is 9.46. The Morgan fingerprint density at radius 2 is 1.88 bits per heavy atom. The average molecular weight is 556 g/mol. The fraction of sp³-hybridized carbons (Fsp3) is 0.344. The number of nitrogens with zero attached hydrogens (tertiary/aromatic N) is 1. The monoisotopic (exact) mass is 555 g/mol. The first-order valence-corrected chi connectivity index (χ1v) is 14.3. The molecule has 0 radical (unpaired) electrons. The van der Waals surface area contributed by atoms with Gasteiger partial charge in [-0.1, -0.05) is 48.9 Å². The van der Waals surface area contributed by atoms with Gasteiger partial charge in [-0.05, 0) is 74.2 Å². The summed E-state index contributed by atoms with van der Waals surface area (Å²) >= 11 is 6.63. The van der Waals surface area contributed by atoms with Crippen LogP contribution in [0.4, 0.5) is 11.4 Å². The standard InChI is InChI=1S/C32H30ClN3O4/c1-3-14-40-21-9-6-8-19(16-21)28(37)26-25-12-7-13-36(25)32(23-17-20(33)15-18(2)27(23)35-30(32)39)31(26)22-10-4-5-11-24(22)34-29(31)38/h4-6,8-11,15-17,25-26H,3,7,12-14H2,1-2H3,(H,34,38)(H,35,39)/t25-,26-,31+,32+/m0/s1. The van der Waals surface area contributed by atoms with E-state index in [1.54, 1.807) is 18.2 Å². The van der Waals surface area contributed by atoms with Crippen molar-refractivity contribution in [2.75, 3.05) is 23.8 Å². The molecule has 0 aliphatic carbocycles. The maximum Gasteiger partial charge on any atom is 0.251 e. The molecule has 2 fully saturated rings. The number of fused-ring (bicyclic) bond motifs is 7. The Balaban J connectivity index is 1.53. The minimum absolute atomic E-state index is 0.164. The van der Waals surface area contributed by atoms with Gasteiger partial charge in [0.05, 0.1) is 12.5 Å². The number of hydrogen-bond donors (Lipinski definition) is 2. The minimum Gasteiger partial charge on any atom is -0.494 e. The predicted molar refractivity (Wildman–Crippen MR) is 153 cm³/mol. The first-order valence-electron chi connectivity index (χ1n) is 13.9. The molecule has 2 amide bonds. The number of rotatable bonds is 5. The molecule has 8 heteroatoms. The first-order chi connectivity index (χ1) is 19.3. The Labute approximate surface area is 237 Å². The van der Waals surface area contributed by atoms with Crippen LogP contribution in [0.1, 0.15) is 53.2 Å². The largest absolute Gasteiger partial charge is 0.494 e. The van der Waals surface area contributed by atoms with Gasteiger partial charge in [0, 0.05) is 33.6 Å². The number of anilines is 2. The number of aryl methyl sites for hydroxylation is 1. The molecule has 3 aromatic carbocycles. The van der Waals surface area contributed by atoms with Gasteiger partial charge in [-0.15, -0.1) is 0 Å². The van der Waals surface area contributed by atoms with E-state index in [1.165, 1.54) is 0 Å². The summed E-state index contributed by atoms with van der Waals surface area (Å²) in [6.07, 6.45) is 2.36. The van der Waals surface area contributed by atoms with Crippen LogP contribution >= 0.6 is 11.6 Å². The second-order valence-electron chi connectivity index (χ2n) is 11.2. The lowest BCUT2D eigenvalue weighted by Gasteiger charge is -2.43. The van der Waals surface area contributed by atoms with Crippen molar-refractivity contribution in [2.45, 2.75) is 50.1 Å². The topological polar surface area (TPSA) is 87.7 Å². The van der Waals surface area contributed by atoms with Crippen molar-refractivity contribution in [1.82, 2.24) is 4.90 Å². The normalized spacial score (nSPS) is 28.0. The lowest BCUT2D eigenvalue weighted by Crippen LogP contribution is -2.62. The molecule has 4 aliphatic heterocycles. The highest BCUT2D eigenvalue weighted by Gasteiger charge is 2.81. The molecular formula is C32H30ClN3O4. The van der Waals surface area contributed by atoms with Crippen LogP contribution in [-0.4, -0.2) is 41.7 Å². The van der Waals surface area contributed by atoms with Crippen molar-refractivity contribution in [3.63, 3.8) is 0 Å². The van der Waals surface area contributed by atoms with Gasteiger partial charge < -0.3 is 15.4 Å². The van der Waals surface area contributed by atoms with E-state index >= 15 is 0 Å². The molecule has 7 rings (SSSR count). The van der Waals surface area contributed by atoms with Gasteiger partial charge in [-0.25, -0.2) is 0 Å². The van der Waals surface area contributed by atoms with Gasteiger partial charge in [0.2, 0.25) is 5.91 Å². The molecule has 0 saturated carbocycles. The summed E-state index contributed by atoms with van der Waals surface area (Å²) in [7, 11) is 0. The smallest absolute Gasteiger partial charge is 0.251 e. The Hall–Kier alpha value is -3.68. The SMILES string of the molecule is CCCOc1cccc(C(=O)[C@@H]2[C@@H]3CCCN3[C@]3(C(=O)Nc4c(C)cc(Cl)cc43)[C@@]23C(=O)Nc2ccccc23)c1. The van der Waals surface area contributed by atoms with E-state index in [1.807, 2.05) is 56.3 Å². The number of ketones is 1. The van der Waals surface area contributed by atoms with Crippen molar-refractivity contribution in [2.24, 2.45) is 5.92 Å². The van der Waals surface area contributed by atoms with Crippen molar-refractivity contribution < 1.29 is 19.1 Å². The van der Waals surface area contributed by atoms with Gasteiger partial charge in [-0.2, -0.15) is 0 Å². The van der Waals surface area contributed by atoms with Crippen molar-refractivity contribution >= 4 is 40.6 Å². The summed E-state index contributed by atoms with van der Waals surface area (Å²) in [5.41, 5.74) is 0.986. The molecule has 3 aromatic rings. The lowest BCUT2D eigenvalue weighted by molar-refractivity contribution is -0.137. The second kappa shape index (κ2) is 8.91. The Morgan fingerprint density at radius 3 is 2.70 bits per heavy atom. The van der Waals surface area contributed by atoms with Crippen molar-refractivity contribution in [3.8, 4) is 5.75 Å². The summed E-state index contributed by atoms with van der Waals surface area (Å²) in [6, 6.07) is 18.0. The van der Waals surface area contributed by atoms with Crippen LogP contribution in [0.3, 0.4) is 0 Å². The maximum atomic E-state index is 14.8. The average Bonchev–Trinajstić information content (AvgIpc) is 3.66. The number of Topliss-reactive ketones (excluding diaryl/α,β-unsaturated/α-hetero) is 1. The number of ether oxygens (including phenoxy) is 1. The van der Waals surface area contributed by atoms with Crippen LogP contribution < -0.4 is 15.4 Å². The van der Waals surface area contributed by atoms with E-state index in [0.29, 0.717) is 58.4 Å². The summed E-state index contributed by atoms with van der Waals surface area (Å²) in [6.45, 7) is 5.06. The lowest BCUT2D eigenvalue weighted by atomic mass is 9.57. The summed E-state index contributed by atoms with van der Waals surface area (Å²) in [5.74, 6) is -0.985. The summed E-state index contributed by atoms with van der Waals surface area (Å²) in [5, 5.41) is 6.68. The molecule has 0 bridgehead atoms. The molecule has 2 saturated heterocycles. The number of hydrogen-bond acceptors (Lipinski definition) is 5. The number of benzene rings is 3. The van der Waals surface area contributed by atoms with Crippen LogP contribution in [0.5, 0.6) is 5.75 Å². The van der Waals surface area contributed by atoms with E-state index in [-0.39, 0.29) is 23.6 Å². The van der Waals surface area contributed by atoms with Gasteiger partial charge in [0.15, 0.2) is 5.78 Å². The van der Waals surface area contributed by atoms with Gasteiger partial charge >= 0.3 is 0 Å². The molecule has 0 aromatic heterocycles. The van der Waals surface area contributed by atoms with E-state index in [4.69, 9.17) is 16.3 Å². The van der Waals surface area contributed by atoms with Crippen LogP contribution in [-0.2, 0) is 20.5 Å². The van der Waals surface area contributed by atoms with Gasteiger partial charge in [0.1, 0.15) is 16.7 Å². The Morgan fingerprint density at radius 1 is 1.05 bits per heavy atom. The zero-order valence-electron chi connectivity index (χ0n) is 22.4. The zero-order valence-corrected chi connectivity index (χ0v) is 23.2. The molecule has 2 spiro atoms. The quantitative estimate of drug-likeness (QED) is 0.409. The Bertz CT molecular complexity index is 1600. The van der Waals surface area contributed by atoms with E-state index < -0.39 is 16.9 Å². The minimum atomic E-state index is -1.50. The number of carbonyl (C=O) groups is 3. The van der Waals surface area contributed by atoms with Crippen molar-refractivity contribution in [3.05, 3.63) is 87.9 Å². The fourth-order valence-corrected chi connectivity index (χ4v) is 8.22.